The van der Waals surface area contributed by atoms with Gasteiger partial charge in [0.15, 0.2) is 0 Å². The second-order valence-electron chi connectivity index (χ2n) is 4.37. The van der Waals surface area contributed by atoms with Gasteiger partial charge in [-0.2, -0.15) is 0 Å². The largest absolute Gasteiger partial charge is 0.497 e. The van der Waals surface area contributed by atoms with Crippen LogP contribution in [0.3, 0.4) is 0 Å². The van der Waals surface area contributed by atoms with Crippen LogP contribution in [0.25, 0.3) is 5.57 Å². The number of carbonyl (C=O) groups is 3. The Kier molecular flexibility index (Phi) is 4.16. The molecule has 0 aromatic heterocycles. The monoisotopic (exact) mass is 306 g/mol. The van der Waals surface area contributed by atoms with Gasteiger partial charge in [-0.05, 0) is 17.7 Å². The van der Waals surface area contributed by atoms with Crippen molar-refractivity contribution in [3.8, 4) is 5.75 Å². The van der Waals surface area contributed by atoms with Crippen molar-refractivity contribution in [2.45, 2.75) is 5.60 Å². The summed E-state index contributed by atoms with van der Waals surface area (Å²) in [5.74, 6) is -2.32. The van der Waals surface area contributed by atoms with E-state index in [1.807, 2.05) is 0 Å². The predicted molar refractivity (Wildman–Crippen MR) is 73.8 cm³/mol. The summed E-state index contributed by atoms with van der Waals surface area (Å²) in [4.78, 5) is 35.9. The summed E-state index contributed by atoms with van der Waals surface area (Å²) in [5.41, 5.74) is -1.77. The van der Waals surface area contributed by atoms with Gasteiger partial charge in [0.2, 0.25) is 0 Å². The summed E-state index contributed by atoms with van der Waals surface area (Å²) in [7, 11) is 3.68. The number of methoxy groups -OCH3 is 3. The van der Waals surface area contributed by atoms with Gasteiger partial charge >= 0.3 is 23.5 Å². The highest BCUT2D eigenvalue weighted by atomic mass is 16.6. The summed E-state index contributed by atoms with van der Waals surface area (Å²) >= 11 is 0. The van der Waals surface area contributed by atoms with Crippen molar-refractivity contribution >= 4 is 23.5 Å². The standard InChI is InChI=1S/C15H14O7/c1-19-10-6-4-9(5-7-10)11-8-12(16)22-15(11,13(17)20-2)14(18)21-3/h4-8H,1-3H3. The first-order valence-electron chi connectivity index (χ1n) is 6.26. The molecule has 0 atom stereocenters. The Balaban J connectivity index is 2.57. The van der Waals surface area contributed by atoms with Gasteiger partial charge in [-0.1, -0.05) is 12.1 Å². The molecule has 0 N–H and O–H groups in total. The van der Waals surface area contributed by atoms with E-state index in [-0.39, 0.29) is 5.57 Å². The number of benzene rings is 1. The number of esters is 3. The van der Waals surface area contributed by atoms with Crippen LogP contribution in [-0.4, -0.2) is 44.8 Å². The summed E-state index contributed by atoms with van der Waals surface area (Å²) in [5, 5.41) is 0. The lowest BCUT2D eigenvalue weighted by Gasteiger charge is -2.25. The van der Waals surface area contributed by atoms with Crippen LogP contribution >= 0.6 is 0 Å². The third kappa shape index (κ3) is 2.30. The Morgan fingerprint density at radius 3 is 2.00 bits per heavy atom. The maximum absolute atomic E-state index is 12.1. The maximum atomic E-state index is 12.1. The first-order valence-corrected chi connectivity index (χ1v) is 6.26. The zero-order chi connectivity index (χ0) is 16.3. The second-order valence-corrected chi connectivity index (χ2v) is 4.37. The average molecular weight is 306 g/mol. The lowest BCUT2D eigenvalue weighted by atomic mass is 9.89. The molecule has 2 rings (SSSR count). The third-order valence-corrected chi connectivity index (χ3v) is 3.24. The van der Waals surface area contributed by atoms with Crippen LogP contribution in [0, 0.1) is 0 Å². The van der Waals surface area contributed by atoms with Gasteiger partial charge in [0.05, 0.1) is 21.3 Å². The normalized spacial score (nSPS) is 15.6. The number of hydrogen-bond donors (Lipinski definition) is 0. The fraction of sp³-hybridized carbons (Fsp3) is 0.267. The van der Waals surface area contributed by atoms with Gasteiger partial charge in [0.1, 0.15) is 5.75 Å². The van der Waals surface area contributed by atoms with E-state index >= 15 is 0 Å². The van der Waals surface area contributed by atoms with E-state index in [9.17, 15) is 14.4 Å². The van der Waals surface area contributed by atoms with Crippen LogP contribution < -0.4 is 4.74 Å². The lowest BCUT2D eigenvalue weighted by Crippen LogP contribution is -2.49. The van der Waals surface area contributed by atoms with Crippen molar-refractivity contribution in [3.05, 3.63) is 35.9 Å². The zero-order valence-corrected chi connectivity index (χ0v) is 12.2. The van der Waals surface area contributed by atoms with E-state index in [0.717, 1.165) is 20.3 Å². The van der Waals surface area contributed by atoms with Crippen molar-refractivity contribution in [2.75, 3.05) is 21.3 Å². The number of carbonyl (C=O) groups excluding carboxylic acids is 3. The minimum atomic E-state index is -2.25. The fourth-order valence-corrected chi connectivity index (χ4v) is 2.19. The first kappa shape index (κ1) is 15.6. The molecule has 0 saturated carbocycles. The molecule has 0 aliphatic carbocycles. The highest BCUT2D eigenvalue weighted by molar-refractivity contribution is 6.22. The van der Waals surface area contributed by atoms with Crippen LogP contribution in [-0.2, 0) is 28.6 Å². The van der Waals surface area contributed by atoms with Crippen LogP contribution in [0.2, 0.25) is 0 Å². The summed E-state index contributed by atoms with van der Waals surface area (Å²) in [6, 6.07) is 6.43. The Hall–Kier alpha value is -2.83. The molecule has 1 aromatic carbocycles. The number of hydrogen-bond acceptors (Lipinski definition) is 7. The molecule has 1 aliphatic rings. The number of ether oxygens (including phenoxy) is 4. The molecule has 1 heterocycles. The molecule has 0 fully saturated rings. The zero-order valence-electron chi connectivity index (χ0n) is 12.2. The molecule has 0 amide bonds. The highest BCUT2D eigenvalue weighted by Gasteiger charge is 2.59. The van der Waals surface area contributed by atoms with Crippen molar-refractivity contribution in [1.29, 1.82) is 0 Å². The Morgan fingerprint density at radius 1 is 1.00 bits per heavy atom. The van der Waals surface area contributed by atoms with Gasteiger partial charge in [-0.15, -0.1) is 0 Å². The predicted octanol–water partition coefficient (Wildman–Crippen LogP) is 0.720. The Labute approximate surface area is 126 Å². The van der Waals surface area contributed by atoms with Crippen molar-refractivity contribution in [1.82, 2.24) is 0 Å². The van der Waals surface area contributed by atoms with Gasteiger partial charge < -0.3 is 18.9 Å². The van der Waals surface area contributed by atoms with E-state index in [0.29, 0.717) is 11.3 Å². The van der Waals surface area contributed by atoms with Crippen LogP contribution in [0.4, 0.5) is 0 Å². The first-order chi connectivity index (χ1) is 10.5. The van der Waals surface area contributed by atoms with Gasteiger partial charge in [-0.3, -0.25) is 0 Å². The number of rotatable bonds is 4. The molecule has 0 radical (unpaired) electrons. The molecule has 1 aromatic rings. The molecule has 1 aliphatic heterocycles. The molecule has 0 unspecified atom stereocenters. The van der Waals surface area contributed by atoms with Crippen LogP contribution in [0.1, 0.15) is 5.56 Å². The molecule has 7 nitrogen and oxygen atoms in total. The summed E-state index contributed by atoms with van der Waals surface area (Å²) < 4.78 is 19.3. The minimum Gasteiger partial charge on any atom is -0.497 e. The summed E-state index contributed by atoms with van der Waals surface area (Å²) in [6.07, 6.45) is 1.07. The molecular weight excluding hydrogens is 292 g/mol. The van der Waals surface area contributed by atoms with Crippen molar-refractivity contribution < 1.29 is 33.3 Å². The Morgan fingerprint density at radius 2 is 1.55 bits per heavy atom. The SMILES string of the molecule is COC(=O)C1(C(=O)OC)OC(=O)C=C1c1ccc(OC)cc1. The maximum Gasteiger partial charge on any atom is 0.367 e. The second kappa shape index (κ2) is 5.88. The van der Waals surface area contributed by atoms with E-state index in [1.165, 1.54) is 7.11 Å². The molecule has 0 spiro atoms. The topological polar surface area (TPSA) is 88.1 Å². The van der Waals surface area contributed by atoms with Crippen molar-refractivity contribution in [3.63, 3.8) is 0 Å². The Bertz CT molecular complexity index is 626. The minimum absolute atomic E-state index is 0.0545. The average Bonchev–Trinajstić information content (AvgIpc) is 2.91. The van der Waals surface area contributed by atoms with Crippen LogP contribution in [0.15, 0.2) is 30.3 Å². The molecular formula is C15H14O7. The van der Waals surface area contributed by atoms with Gasteiger partial charge in [0, 0.05) is 11.6 Å². The quantitative estimate of drug-likeness (QED) is 0.460. The van der Waals surface area contributed by atoms with Crippen molar-refractivity contribution in [2.24, 2.45) is 0 Å². The third-order valence-electron chi connectivity index (χ3n) is 3.24. The molecule has 0 bridgehead atoms. The van der Waals surface area contributed by atoms with Crippen LogP contribution in [0.5, 0.6) is 5.75 Å². The van der Waals surface area contributed by atoms with E-state index in [4.69, 9.17) is 9.47 Å². The van der Waals surface area contributed by atoms with E-state index in [2.05, 4.69) is 9.47 Å². The lowest BCUT2D eigenvalue weighted by molar-refractivity contribution is -0.182. The van der Waals surface area contributed by atoms with E-state index < -0.39 is 23.5 Å². The summed E-state index contributed by atoms with van der Waals surface area (Å²) in [6.45, 7) is 0. The smallest absolute Gasteiger partial charge is 0.367 e. The molecule has 22 heavy (non-hydrogen) atoms. The number of cyclic esters (lactones) is 1. The van der Waals surface area contributed by atoms with Gasteiger partial charge in [-0.25, -0.2) is 14.4 Å². The molecule has 0 saturated heterocycles. The highest BCUT2D eigenvalue weighted by Crippen LogP contribution is 2.38. The van der Waals surface area contributed by atoms with Gasteiger partial charge in [0.25, 0.3) is 0 Å². The molecule has 7 heteroatoms. The fourth-order valence-electron chi connectivity index (χ4n) is 2.19. The van der Waals surface area contributed by atoms with E-state index in [1.54, 1.807) is 24.3 Å². The molecule has 116 valence electrons.